The molecule has 16 heavy (non-hydrogen) atoms. The second kappa shape index (κ2) is 4.30. The lowest BCUT2D eigenvalue weighted by Crippen LogP contribution is -2.20. The van der Waals surface area contributed by atoms with Gasteiger partial charge in [0.15, 0.2) is 0 Å². The second-order valence-electron chi connectivity index (χ2n) is 2.96. The maximum atomic E-state index is 12.0. The number of ether oxygens (including phenoxy) is 1. The van der Waals surface area contributed by atoms with Crippen LogP contribution in [0.4, 0.5) is 13.2 Å². The molecule has 8 heteroatoms. The molecule has 0 spiro atoms. The first kappa shape index (κ1) is 12.8. The predicted molar refractivity (Wildman–Crippen MR) is 49.9 cm³/mol. The number of hydrogen-bond acceptors (Lipinski definition) is 3. The highest BCUT2D eigenvalue weighted by atomic mass is 32.2. The number of rotatable bonds is 3. The van der Waals surface area contributed by atoms with Gasteiger partial charge in [0.05, 0.1) is 5.75 Å². The van der Waals surface area contributed by atoms with Crippen LogP contribution in [0.2, 0.25) is 0 Å². The van der Waals surface area contributed by atoms with E-state index in [-0.39, 0.29) is 5.56 Å². The van der Waals surface area contributed by atoms with Crippen LogP contribution in [0.15, 0.2) is 24.3 Å². The Balaban J connectivity index is 3.01. The van der Waals surface area contributed by atoms with Crippen LogP contribution < -0.4 is 9.88 Å². The summed E-state index contributed by atoms with van der Waals surface area (Å²) in [6, 6.07) is 4.91. The van der Waals surface area contributed by atoms with E-state index >= 15 is 0 Å². The van der Waals surface area contributed by atoms with Gasteiger partial charge in [0.1, 0.15) is 5.75 Å². The summed E-state index contributed by atoms with van der Waals surface area (Å²) in [6.07, 6.45) is -4.87. The lowest BCUT2D eigenvalue weighted by Gasteiger charge is -2.12. The average molecular weight is 255 g/mol. The number of benzene rings is 1. The molecule has 0 aromatic heterocycles. The Labute approximate surface area is 89.9 Å². The molecule has 0 unspecified atom stereocenters. The van der Waals surface area contributed by atoms with Crippen molar-refractivity contribution < 1.29 is 26.3 Å². The van der Waals surface area contributed by atoms with E-state index in [4.69, 9.17) is 5.14 Å². The van der Waals surface area contributed by atoms with Gasteiger partial charge in [-0.3, -0.25) is 0 Å². The molecule has 4 nitrogen and oxygen atoms in total. The van der Waals surface area contributed by atoms with E-state index in [0.717, 1.165) is 6.07 Å². The number of halogens is 3. The first-order valence-corrected chi connectivity index (χ1v) is 5.73. The van der Waals surface area contributed by atoms with Crippen LogP contribution in [-0.4, -0.2) is 14.8 Å². The average Bonchev–Trinajstić information content (AvgIpc) is 2.03. The summed E-state index contributed by atoms with van der Waals surface area (Å²) >= 11 is 0. The maximum absolute atomic E-state index is 12.0. The van der Waals surface area contributed by atoms with E-state index < -0.39 is 27.9 Å². The zero-order chi connectivity index (χ0) is 12.4. The predicted octanol–water partition coefficient (Wildman–Crippen LogP) is 1.37. The molecule has 90 valence electrons. The highest BCUT2D eigenvalue weighted by Gasteiger charge is 2.32. The topological polar surface area (TPSA) is 69.4 Å². The molecule has 1 aromatic carbocycles. The normalized spacial score (nSPS) is 12.5. The number of primary sulfonamides is 1. The Morgan fingerprint density at radius 1 is 1.25 bits per heavy atom. The number of alkyl halides is 3. The molecule has 1 rings (SSSR count). The van der Waals surface area contributed by atoms with E-state index in [9.17, 15) is 21.6 Å². The molecule has 0 radical (unpaired) electrons. The molecule has 0 aliphatic carbocycles. The van der Waals surface area contributed by atoms with Gasteiger partial charge in [0, 0.05) is 5.56 Å². The summed E-state index contributed by atoms with van der Waals surface area (Å²) in [5.41, 5.74) is -0.137. The van der Waals surface area contributed by atoms with Crippen LogP contribution in [0.5, 0.6) is 5.75 Å². The van der Waals surface area contributed by atoms with Crippen molar-refractivity contribution >= 4 is 10.0 Å². The van der Waals surface area contributed by atoms with Crippen molar-refractivity contribution in [2.24, 2.45) is 5.14 Å². The molecule has 0 aliphatic rings. The minimum Gasteiger partial charge on any atom is -0.405 e. The molecule has 0 fully saturated rings. The first-order valence-electron chi connectivity index (χ1n) is 4.01. The Kier molecular flexibility index (Phi) is 3.44. The molecular weight excluding hydrogens is 247 g/mol. The van der Waals surface area contributed by atoms with Crippen molar-refractivity contribution in [3.63, 3.8) is 0 Å². The Morgan fingerprint density at radius 3 is 2.31 bits per heavy atom. The Hall–Kier alpha value is -1.28. The summed E-state index contributed by atoms with van der Waals surface area (Å²) in [7, 11) is -3.90. The van der Waals surface area contributed by atoms with E-state index in [1.165, 1.54) is 18.2 Å². The lowest BCUT2D eigenvalue weighted by atomic mass is 10.2. The summed E-state index contributed by atoms with van der Waals surface area (Å²) in [5.74, 6) is -1.27. The van der Waals surface area contributed by atoms with E-state index in [0.29, 0.717) is 0 Å². The fraction of sp³-hybridized carbons (Fsp3) is 0.250. The number of sulfonamides is 1. The third-order valence-electron chi connectivity index (χ3n) is 1.55. The van der Waals surface area contributed by atoms with Gasteiger partial charge >= 0.3 is 6.36 Å². The SMILES string of the molecule is NS(=O)(=O)Cc1ccccc1OC(F)(F)F. The number of nitrogens with two attached hydrogens (primary N) is 1. The van der Waals surface area contributed by atoms with Crippen LogP contribution in [-0.2, 0) is 15.8 Å². The summed E-state index contributed by atoms with van der Waals surface area (Å²) in [4.78, 5) is 0. The zero-order valence-electron chi connectivity index (χ0n) is 7.86. The van der Waals surface area contributed by atoms with Crippen molar-refractivity contribution in [1.82, 2.24) is 0 Å². The van der Waals surface area contributed by atoms with Gasteiger partial charge in [-0.1, -0.05) is 18.2 Å². The Bertz CT molecular complexity index is 470. The minimum atomic E-state index is -4.87. The van der Waals surface area contributed by atoms with Gasteiger partial charge in [0.25, 0.3) is 0 Å². The molecule has 0 amide bonds. The molecule has 2 N–H and O–H groups in total. The van der Waals surface area contributed by atoms with Gasteiger partial charge in [-0.05, 0) is 6.07 Å². The van der Waals surface area contributed by atoms with Crippen molar-refractivity contribution in [3.05, 3.63) is 29.8 Å². The summed E-state index contributed by atoms with van der Waals surface area (Å²) in [6.45, 7) is 0. The van der Waals surface area contributed by atoms with Crippen molar-refractivity contribution in [3.8, 4) is 5.75 Å². The fourth-order valence-corrected chi connectivity index (χ4v) is 1.74. The van der Waals surface area contributed by atoms with E-state index in [1.807, 2.05) is 0 Å². The van der Waals surface area contributed by atoms with Crippen LogP contribution in [0, 0.1) is 0 Å². The van der Waals surface area contributed by atoms with E-state index in [2.05, 4.69) is 4.74 Å². The third kappa shape index (κ3) is 4.49. The van der Waals surface area contributed by atoms with Crippen molar-refractivity contribution in [1.29, 1.82) is 0 Å². The molecule has 1 aromatic rings. The molecule has 0 heterocycles. The van der Waals surface area contributed by atoms with Crippen LogP contribution >= 0.6 is 0 Å². The maximum Gasteiger partial charge on any atom is 0.573 e. The fourth-order valence-electron chi connectivity index (χ4n) is 1.06. The van der Waals surface area contributed by atoms with E-state index in [1.54, 1.807) is 0 Å². The van der Waals surface area contributed by atoms with Gasteiger partial charge in [-0.25, -0.2) is 13.6 Å². The van der Waals surface area contributed by atoms with Crippen LogP contribution in [0.25, 0.3) is 0 Å². The molecule has 0 atom stereocenters. The number of para-hydroxylation sites is 1. The monoisotopic (exact) mass is 255 g/mol. The van der Waals surface area contributed by atoms with Gasteiger partial charge < -0.3 is 4.74 Å². The highest BCUT2D eigenvalue weighted by Crippen LogP contribution is 2.26. The second-order valence-corrected chi connectivity index (χ2v) is 4.58. The van der Waals surface area contributed by atoms with Crippen molar-refractivity contribution in [2.75, 3.05) is 0 Å². The summed E-state index contributed by atoms with van der Waals surface area (Å²) < 4.78 is 61.0. The Morgan fingerprint density at radius 2 is 1.81 bits per heavy atom. The molecule has 0 aliphatic heterocycles. The van der Waals surface area contributed by atoms with Crippen molar-refractivity contribution in [2.45, 2.75) is 12.1 Å². The van der Waals surface area contributed by atoms with Crippen LogP contribution in [0.3, 0.4) is 0 Å². The van der Waals surface area contributed by atoms with Gasteiger partial charge in [0.2, 0.25) is 10.0 Å². The molecule has 0 saturated heterocycles. The largest absolute Gasteiger partial charge is 0.573 e. The van der Waals surface area contributed by atoms with Gasteiger partial charge in [-0.2, -0.15) is 0 Å². The molecular formula is C8H8F3NO3S. The number of hydrogen-bond donors (Lipinski definition) is 1. The smallest absolute Gasteiger partial charge is 0.405 e. The summed E-state index contributed by atoms with van der Waals surface area (Å²) in [5, 5.41) is 4.74. The van der Waals surface area contributed by atoms with Crippen LogP contribution in [0.1, 0.15) is 5.56 Å². The quantitative estimate of drug-likeness (QED) is 0.886. The standard InChI is InChI=1S/C8H8F3NO3S/c9-8(10,11)15-7-4-2-1-3-6(7)5-16(12,13)14/h1-4H,5H2,(H2,12,13,14). The molecule has 0 saturated carbocycles. The van der Waals surface area contributed by atoms with Gasteiger partial charge in [-0.15, -0.1) is 13.2 Å². The third-order valence-corrected chi connectivity index (χ3v) is 2.27. The first-order chi connectivity index (χ1) is 7.17. The zero-order valence-corrected chi connectivity index (χ0v) is 8.68. The lowest BCUT2D eigenvalue weighted by molar-refractivity contribution is -0.274. The molecule has 0 bridgehead atoms. The minimum absolute atomic E-state index is 0.137. The highest BCUT2D eigenvalue weighted by molar-refractivity contribution is 7.88.